The first-order valence-corrected chi connectivity index (χ1v) is 8.23. The van der Waals surface area contributed by atoms with Crippen molar-refractivity contribution in [2.45, 2.75) is 26.4 Å². The lowest BCUT2D eigenvalue weighted by atomic mass is 9.88. The SMILES string of the molecule is CC(C)[C@H](C(=O)OCc1ccc2c(c1)OCO2)c1ccc(Cl)cc1. The molecule has 5 heteroatoms. The van der Waals surface area contributed by atoms with Crippen LogP contribution in [0.25, 0.3) is 0 Å². The smallest absolute Gasteiger partial charge is 0.314 e. The lowest BCUT2D eigenvalue weighted by Gasteiger charge is -2.20. The number of esters is 1. The number of carbonyl (C=O) groups is 1. The van der Waals surface area contributed by atoms with Crippen molar-refractivity contribution in [3.8, 4) is 11.5 Å². The standard InChI is InChI=1S/C19H19ClO4/c1-12(2)18(14-4-6-15(20)7-5-14)19(21)22-10-13-3-8-16-17(9-13)24-11-23-16/h3-9,12,18H,10-11H2,1-2H3/t18-/m0/s1. The number of ether oxygens (including phenoxy) is 3. The van der Waals surface area contributed by atoms with Crippen molar-refractivity contribution in [1.29, 1.82) is 0 Å². The van der Waals surface area contributed by atoms with Gasteiger partial charge in [-0.2, -0.15) is 0 Å². The van der Waals surface area contributed by atoms with Gasteiger partial charge in [-0.15, -0.1) is 0 Å². The fraction of sp³-hybridized carbons (Fsp3) is 0.316. The van der Waals surface area contributed by atoms with Crippen molar-refractivity contribution < 1.29 is 19.0 Å². The van der Waals surface area contributed by atoms with E-state index in [1.165, 1.54) is 0 Å². The van der Waals surface area contributed by atoms with Crippen LogP contribution in [0.1, 0.15) is 30.9 Å². The van der Waals surface area contributed by atoms with Crippen LogP contribution in [-0.4, -0.2) is 12.8 Å². The zero-order valence-corrected chi connectivity index (χ0v) is 14.4. The van der Waals surface area contributed by atoms with Crippen LogP contribution in [-0.2, 0) is 16.1 Å². The van der Waals surface area contributed by atoms with Gasteiger partial charge in [-0.25, -0.2) is 0 Å². The van der Waals surface area contributed by atoms with Gasteiger partial charge in [0.15, 0.2) is 11.5 Å². The van der Waals surface area contributed by atoms with Gasteiger partial charge in [-0.3, -0.25) is 4.79 Å². The average molecular weight is 347 g/mol. The molecule has 4 nitrogen and oxygen atoms in total. The van der Waals surface area contributed by atoms with Crippen LogP contribution in [0.2, 0.25) is 5.02 Å². The molecule has 0 saturated carbocycles. The summed E-state index contributed by atoms with van der Waals surface area (Å²) < 4.78 is 16.1. The van der Waals surface area contributed by atoms with E-state index < -0.39 is 0 Å². The number of benzene rings is 2. The minimum absolute atomic E-state index is 0.121. The predicted octanol–water partition coefficient (Wildman–Crippen LogP) is 4.55. The summed E-state index contributed by atoms with van der Waals surface area (Å²) in [5.41, 5.74) is 1.77. The van der Waals surface area contributed by atoms with Crippen molar-refractivity contribution >= 4 is 17.6 Å². The van der Waals surface area contributed by atoms with E-state index in [1.807, 2.05) is 44.2 Å². The fourth-order valence-electron chi connectivity index (χ4n) is 2.74. The van der Waals surface area contributed by atoms with Crippen LogP contribution in [0, 0.1) is 5.92 Å². The molecular formula is C19H19ClO4. The molecule has 0 N–H and O–H groups in total. The Morgan fingerprint density at radius 1 is 1.12 bits per heavy atom. The zero-order valence-electron chi connectivity index (χ0n) is 13.6. The summed E-state index contributed by atoms with van der Waals surface area (Å²) in [5, 5.41) is 0.648. The molecule has 2 aromatic rings. The van der Waals surface area contributed by atoms with Gasteiger partial charge in [0.25, 0.3) is 0 Å². The van der Waals surface area contributed by atoms with Crippen molar-refractivity contribution in [3.05, 3.63) is 58.6 Å². The summed E-state index contributed by atoms with van der Waals surface area (Å²) in [6.07, 6.45) is 0. The Kier molecular flexibility index (Phi) is 4.95. The highest BCUT2D eigenvalue weighted by Gasteiger charge is 2.26. The number of fused-ring (bicyclic) bond motifs is 1. The number of rotatable bonds is 5. The summed E-state index contributed by atoms with van der Waals surface area (Å²) in [4.78, 5) is 12.6. The van der Waals surface area contributed by atoms with E-state index in [2.05, 4.69) is 0 Å². The Balaban J connectivity index is 1.68. The summed E-state index contributed by atoms with van der Waals surface area (Å²) in [7, 11) is 0. The summed E-state index contributed by atoms with van der Waals surface area (Å²) in [5.74, 6) is 0.949. The highest BCUT2D eigenvalue weighted by atomic mass is 35.5. The quantitative estimate of drug-likeness (QED) is 0.745. The predicted molar refractivity (Wildman–Crippen MR) is 91.4 cm³/mol. The Labute approximate surface area is 146 Å². The number of carbonyl (C=O) groups excluding carboxylic acids is 1. The zero-order chi connectivity index (χ0) is 17.1. The molecule has 24 heavy (non-hydrogen) atoms. The first-order valence-electron chi connectivity index (χ1n) is 7.85. The largest absolute Gasteiger partial charge is 0.460 e. The molecule has 0 amide bonds. The van der Waals surface area contributed by atoms with E-state index in [0.29, 0.717) is 16.5 Å². The first-order chi connectivity index (χ1) is 11.5. The maximum atomic E-state index is 12.6. The molecule has 3 rings (SSSR count). The molecule has 0 spiro atoms. The molecule has 1 atom stereocenters. The molecule has 2 aromatic carbocycles. The van der Waals surface area contributed by atoms with Gasteiger partial charge in [0.05, 0.1) is 5.92 Å². The van der Waals surface area contributed by atoms with Gasteiger partial charge in [0.1, 0.15) is 6.61 Å². The maximum absolute atomic E-state index is 12.6. The molecule has 0 bridgehead atoms. The van der Waals surface area contributed by atoms with E-state index in [0.717, 1.165) is 11.1 Å². The second kappa shape index (κ2) is 7.14. The Morgan fingerprint density at radius 2 is 1.83 bits per heavy atom. The Morgan fingerprint density at radius 3 is 2.54 bits per heavy atom. The van der Waals surface area contributed by atoms with Gasteiger partial charge in [-0.1, -0.05) is 43.6 Å². The minimum atomic E-state index is -0.323. The molecular weight excluding hydrogens is 328 g/mol. The molecule has 0 radical (unpaired) electrons. The van der Waals surface area contributed by atoms with Gasteiger partial charge in [-0.05, 0) is 41.3 Å². The third-order valence-electron chi connectivity index (χ3n) is 3.97. The molecule has 126 valence electrons. The summed E-state index contributed by atoms with van der Waals surface area (Å²) in [6, 6.07) is 12.8. The van der Waals surface area contributed by atoms with E-state index >= 15 is 0 Å². The molecule has 0 unspecified atom stereocenters. The van der Waals surface area contributed by atoms with Crippen molar-refractivity contribution in [2.75, 3.05) is 6.79 Å². The molecule has 0 aliphatic carbocycles. The van der Waals surface area contributed by atoms with E-state index in [4.69, 9.17) is 25.8 Å². The first kappa shape index (κ1) is 16.7. The maximum Gasteiger partial charge on any atom is 0.314 e. The number of hydrogen-bond donors (Lipinski definition) is 0. The third-order valence-corrected chi connectivity index (χ3v) is 4.22. The van der Waals surface area contributed by atoms with Crippen LogP contribution in [0.3, 0.4) is 0 Å². The molecule has 1 heterocycles. The average Bonchev–Trinajstić information content (AvgIpc) is 3.02. The second-order valence-electron chi connectivity index (χ2n) is 6.07. The van der Waals surface area contributed by atoms with Crippen LogP contribution >= 0.6 is 11.6 Å². The molecule has 0 fully saturated rings. The Hall–Kier alpha value is -2.20. The van der Waals surface area contributed by atoms with Crippen molar-refractivity contribution in [2.24, 2.45) is 5.92 Å². The van der Waals surface area contributed by atoms with Crippen LogP contribution < -0.4 is 9.47 Å². The van der Waals surface area contributed by atoms with Gasteiger partial charge in [0.2, 0.25) is 6.79 Å². The normalized spacial score (nSPS) is 13.8. The molecule has 0 saturated heterocycles. The Bertz CT molecular complexity index is 725. The highest BCUT2D eigenvalue weighted by molar-refractivity contribution is 6.30. The van der Waals surface area contributed by atoms with Crippen LogP contribution in [0.15, 0.2) is 42.5 Å². The molecule has 1 aliphatic heterocycles. The monoisotopic (exact) mass is 346 g/mol. The van der Waals surface area contributed by atoms with Gasteiger partial charge >= 0.3 is 5.97 Å². The van der Waals surface area contributed by atoms with Crippen LogP contribution in [0.4, 0.5) is 0 Å². The summed E-state index contributed by atoms with van der Waals surface area (Å²) in [6.45, 7) is 4.43. The number of hydrogen-bond acceptors (Lipinski definition) is 4. The lowest BCUT2D eigenvalue weighted by molar-refractivity contribution is -0.148. The molecule has 1 aliphatic rings. The van der Waals surface area contributed by atoms with Crippen LogP contribution in [0.5, 0.6) is 11.5 Å². The lowest BCUT2D eigenvalue weighted by Crippen LogP contribution is -2.20. The van der Waals surface area contributed by atoms with E-state index in [-0.39, 0.29) is 31.2 Å². The second-order valence-corrected chi connectivity index (χ2v) is 6.50. The van der Waals surface area contributed by atoms with E-state index in [9.17, 15) is 4.79 Å². The van der Waals surface area contributed by atoms with Crippen molar-refractivity contribution in [3.63, 3.8) is 0 Å². The topological polar surface area (TPSA) is 44.8 Å². The van der Waals surface area contributed by atoms with Crippen molar-refractivity contribution in [1.82, 2.24) is 0 Å². The fourth-order valence-corrected chi connectivity index (χ4v) is 2.86. The van der Waals surface area contributed by atoms with E-state index in [1.54, 1.807) is 12.1 Å². The van der Waals surface area contributed by atoms with Gasteiger partial charge in [0, 0.05) is 5.02 Å². The summed E-state index contributed by atoms with van der Waals surface area (Å²) >= 11 is 5.92. The number of halogens is 1. The van der Waals surface area contributed by atoms with Gasteiger partial charge < -0.3 is 14.2 Å². The third kappa shape index (κ3) is 3.65. The minimum Gasteiger partial charge on any atom is -0.460 e. The molecule has 0 aromatic heterocycles. The highest BCUT2D eigenvalue weighted by Crippen LogP contribution is 2.33.